The molecule has 23 heavy (non-hydrogen) atoms. The third kappa shape index (κ3) is 3.81. The topological polar surface area (TPSA) is 57.4 Å². The van der Waals surface area contributed by atoms with Gasteiger partial charge in [0.15, 0.2) is 6.61 Å². The van der Waals surface area contributed by atoms with Crippen LogP contribution in [0.4, 0.5) is 0 Å². The molecule has 3 rings (SSSR count). The van der Waals surface area contributed by atoms with Crippen LogP contribution in [0.5, 0.6) is 11.5 Å². The standard InChI is InChI=1S/C17H15ClN2O3/c1-2-21-12-7-9-13(10-8-12)22-11-16-19-17(23-20-16)14-5-3-4-6-15(14)18/h3-10H,2,11H2,1H3. The number of aromatic nitrogens is 2. The van der Waals surface area contributed by atoms with Gasteiger partial charge < -0.3 is 14.0 Å². The van der Waals surface area contributed by atoms with Crippen molar-refractivity contribution in [1.29, 1.82) is 0 Å². The number of hydrogen-bond acceptors (Lipinski definition) is 5. The van der Waals surface area contributed by atoms with E-state index in [1.54, 1.807) is 6.07 Å². The minimum Gasteiger partial charge on any atom is -0.494 e. The maximum atomic E-state index is 6.11. The highest BCUT2D eigenvalue weighted by molar-refractivity contribution is 6.33. The number of hydrogen-bond donors (Lipinski definition) is 0. The summed E-state index contributed by atoms with van der Waals surface area (Å²) in [7, 11) is 0. The van der Waals surface area contributed by atoms with Crippen LogP contribution in [0.3, 0.4) is 0 Å². The van der Waals surface area contributed by atoms with E-state index in [0.717, 1.165) is 5.75 Å². The predicted molar refractivity (Wildman–Crippen MR) is 86.7 cm³/mol. The third-order valence-electron chi connectivity index (χ3n) is 3.08. The predicted octanol–water partition coefficient (Wildman–Crippen LogP) is 4.37. The summed E-state index contributed by atoms with van der Waals surface area (Å²) in [5.41, 5.74) is 0.703. The van der Waals surface area contributed by atoms with Crippen LogP contribution >= 0.6 is 11.6 Å². The van der Waals surface area contributed by atoms with Gasteiger partial charge in [0.25, 0.3) is 5.89 Å². The lowest BCUT2D eigenvalue weighted by atomic mass is 10.2. The fourth-order valence-corrected chi connectivity index (χ4v) is 2.22. The number of halogens is 1. The van der Waals surface area contributed by atoms with E-state index in [4.69, 9.17) is 25.6 Å². The molecule has 0 aliphatic carbocycles. The van der Waals surface area contributed by atoms with Crippen molar-refractivity contribution in [2.24, 2.45) is 0 Å². The first-order valence-electron chi connectivity index (χ1n) is 7.19. The van der Waals surface area contributed by atoms with Crippen LogP contribution in [-0.2, 0) is 6.61 Å². The molecule has 2 aromatic carbocycles. The Morgan fingerprint density at radius 2 is 1.70 bits per heavy atom. The number of ether oxygens (including phenoxy) is 2. The van der Waals surface area contributed by atoms with Gasteiger partial charge in [0.2, 0.25) is 5.82 Å². The molecule has 0 atom stereocenters. The maximum absolute atomic E-state index is 6.11. The summed E-state index contributed by atoms with van der Waals surface area (Å²) < 4.78 is 16.2. The molecule has 5 nitrogen and oxygen atoms in total. The van der Waals surface area contributed by atoms with Crippen molar-refractivity contribution in [3.8, 4) is 23.0 Å². The third-order valence-corrected chi connectivity index (χ3v) is 3.40. The zero-order chi connectivity index (χ0) is 16.1. The summed E-state index contributed by atoms with van der Waals surface area (Å²) in [6.07, 6.45) is 0. The molecule has 1 heterocycles. The van der Waals surface area contributed by atoms with Crippen molar-refractivity contribution in [3.05, 3.63) is 59.4 Å². The lowest BCUT2D eigenvalue weighted by molar-refractivity contribution is 0.286. The van der Waals surface area contributed by atoms with E-state index in [-0.39, 0.29) is 6.61 Å². The lowest BCUT2D eigenvalue weighted by Gasteiger charge is -2.05. The van der Waals surface area contributed by atoms with Gasteiger partial charge in [0.1, 0.15) is 11.5 Å². The molecular formula is C17H15ClN2O3. The molecule has 0 fully saturated rings. The minimum absolute atomic E-state index is 0.210. The van der Waals surface area contributed by atoms with E-state index in [1.807, 2.05) is 49.4 Å². The van der Waals surface area contributed by atoms with Gasteiger partial charge >= 0.3 is 0 Å². The van der Waals surface area contributed by atoms with Gasteiger partial charge in [0, 0.05) is 0 Å². The van der Waals surface area contributed by atoms with Gasteiger partial charge in [-0.1, -0.05) is 28.9 Å². The second-order valence-corrected chi connectivity index (χ2v) is 5.10. The molecule has 0 saturated heterocycles. The Balaban J connectivity index is 1.64. The highest BCUT2D eigenvalue weighted by Crippen LogP contribution is 2.26. The maximum Gasteiger partial charge on any atom is 0.259 e. The van der Waals surface area contributed by atoms with Gasteiger partial charge in [-0.15, -0.1) is 0 Å². The van der Waals surface area contributed by atoms with E-state index in [1.165, 1.54) is 0 Å². The summed E-state index contributed by atoms with van der Waals surface area (Å²) in [5.74, 6) is 2.34. The highest BCUT2D eigenvalue weighted by Gasteiger charge is 2.12. The molecule has 0 N–H and O–H groups in total. The molecule has 0 bridgehead atoms. The van der Waals surface area contributed by atoms with Crippen LogP contribution in [0.25, 0.3) is 11.5 Å². The van der Waals surface area contributed by atoms with Crippen molar-refractivity contribution in [2.75, 3.05) is 6.61 Å². The second kappa shape index (κ2) is 7.15. The second-order valence-electron chi connectivity index (χ2n) is 4.69. The lowest BCUT2D eigenvalue weighted by Crippen LogP contribution is -1.98. The largest absolute Gasteiger partial charge is 0.494 e. The Hall–Kier alpha value is -2.53. The van der Waals surface area contributed by atoms with E-state index in [9.17, 15) is 0 Å². The van der Waals surface area contributed by atoms with Crippen LogP contribution in [0.15, 0.2) is 53.1 Å². The molecule has 1 aromatic heterocycles. The summed E-state index contributed by atoms with van der Waals surface area (Å²) >= 11 is 6.11. The first kappa shape index (κ1) is 15.4. The molecule has 3 aromatic rings. The van der Waals surface area contributed by atoms with Crippen molar-refractivity contribution >= 4 is 11.6 Å². The average molecular weight is 331 g/mol. The Morgan fingerprint density at radius 1 is 1.00 bits per heavy atom. The van der Waals surface area contributed by atoms with Gasteiger partial charge in [-0.3, -0.25) is 0 Å². The Morgan fingerprint density at radius 3 is 2.39 bits per heavy atom. The summed E-state index contributed by atoms with van der Waals surface area (Å²) in [6, 6.07) is 14.7. The smallest absolute Gasteiger partial charge is 0.259 e. The monoisotopic (exact) mass is 330 g/mol. The van der Waals surface area contributed by atoms with E-state index in [2.05, 4.69) is 10.1 Å². The highest BCUT2D eigenvalue weighted by atomic mass is 35.5. The fraction of sp³-hybridized carbons (Fsp3) is 0.176. The number of benzene rings is 2. The molecule has 0 aliphatic heterocycles. The average Bonchev–Trinajstić information content (AvgIpc) is 3.04. The van der Waals surface area contributed by atoms with Gasteiger partial charge in [-0.05, 0) is 43.3 Å². The molecule has 0 spiro atoms. The number of nitrogens with zero attached hydrogens (tertiary/aromatic N) is 2. The quantitative estimate of drug-likeness (QED) is 0.671. The van der Waals surface area contributed by atoms with Crippen LogP contribution < -0.4 is 9.47 Å². The van der Waals surface area contributed by atoms with Crippen molar-refractivity contribution in [2.45, 2.75) is 13.5 Å². The summed E-state index contributed by atoms with van der Waals surface area (Å²) in [6.45, 7) is 2.78. The normalized spacial score (nSPS) is 10.5. The van der Waals surface area contributed by atoms with Gasteiger partial charge in [-0.25, -0.2) is 0 Å². The van der Waals surface area contributed by atoms with Crippen molar-refractivity contribution in [1.82, 2.24) is 10.1 Å². The minimum atomic E-state index is 0.210. The van der Waals surface area contributed by atoms with E-state index >= 15 is 0 Å². The van der Waals surface area contributed by atoms with Crippen LogP contribution in [-0.4, -0.2) is 16.7 Å². The molecule has 0 unspecified atom stereocenters. The molecule has 0 aliphatic rings. The first-order valence-corrected chi connectivity index (χ1v) is 7.57. The summed E-state index contributed by atoms with van der Waals surface area (Å²) in [5, 5.41) is 4.47. The molecule has 0 saturated carbocycles. The molecule has 0 amide bonds. The summed E-state index contributed by atoms with van der Waals surface area (Å²) in [4.78, 5) is 4.29. The van der Waals surface area contributed by atoms with Crippen molar-refractivity contribution < 1.29 is 14.0 Å². The van der Waals surface area contributed by atoms with Gasteiger partial charge in [-0.2, -0.15) is 4.98 Å². The first-order chi connectivity index (χ1) is 11.3. The molecule has 6 heteroatoms. The van der Waals surface area contributed by atoms with E-state index < -0.39 is 0 Å². The van der Waals surface area contributed by atoms with Gasteiger partial charge in [0.05, 0.1) is 17.2 Å². The fourth-order valence-electron chi connectivity index (χ4n) is 2.00. The van der Waals surface area contributed by atoms with Crippen molar-refractivity contribution in [3.63, 3.8) is 0 Å². The Labute approximate surface area is 138 Å². The van der Waals surface area contributed by atoms with E-state index in [0.29, 0.717) is 34.7 Å². The van der Waals surface area contributed by atoms with Crippen LogP contribution in [0.1, 0.15) is 12.7 Å². The van der Waals surface area contributed by atoms with Crippen LogP contribution in [0.2, 0.25) is 5.02 Å². The van der Waals surface area contributed by atoms with Crippen LogP contribution in [0, 0.1) is 0 Å². The Bertz CT molecular complexity index is 772. The number of rotatable bonds is 6. The zero-order valence-electron chi connectivity index (χ0n) is 12.5. The molecule has 118 valence electrons. The molecular weight excluding hydrogens is 316 g/mol. The zero-order valence-corrected chi connectivity index (χ0v) is 13.3. The molecule has 0 radical (unpaired) electrons. The SMILES string of the molecule is CCOc1ccc(OCc2noc(-c3ccccc3Cl)n2)cc1. The Kier molecular flexibility index (Phi) is 4.78.